The third kappa shape index (κ3) is 3.44. The zero-order valence-electron chi connectivity index (χ0n) is 25.0. The summed E-state index contributed by atoms with van der Waals surface area (Å²) >= 11 is 1.91. The van der Waals surface area contributed by atoms with Gasteiger partial charge in [-0.05, 0) is 70.8 Å². The number of thiophene rings is 1. The molecule has 2 heterocycles. The summed E-state index contributed by atoms with van der Waals surface area (Å²) < 4.78 is 3.49. The van der Waals surface area contributed by atoms with Gasteiger partial charge in [-0.2, -0.15) is 10.5 Å². The SMILES string of the molecule is CC1(C)C2=C(c3ccccc31)c1sc3c(-c4cccc(C#N)c4-n4c5ccccc5c5cc(C#N)ccc54)cccc3c1CC2. The van der Waals surface area contributed by atoms with Gasteiger partial charge in [0.2, 0.25) is 0 Å². The number of fused-ring (bicyclic) bond motifs is 9. The Hall–Kier alpha value is -5.42. The second-order valence-corrected chi connectivity index (χ2v) is 13.6. The number of benzene rings is 5. The molecule has 212 valence electrons. The molecule has 2 aromatic heterocycles. The summed E-state index contributed by atoms with van der Waals surface area (Å²) in [5.41, 5.74) is 13.6. The van der Waals surface area contributed by atoms with Gasteiger partial charge in [0.15, 0.2) is 0 Å². The maximum Gasteiger partial charge on any atom is 0.101 e. The van der Waals surface area contributed by atoms with E-state index in [-0.39, 0.29) is 5.41 Å². The lowest BCUT2D eigenvalue weighted by molar-refractivity contribution is 0.605. The van der Waals surface area contributed by atoms with E-state index >= 15 is 0 Å². The van der Waals surface area contributed by atoms with Gasteiger partial charge >= 0.3 is 0 Å². The van der Waals surface area contributed by atoms with Crippen LogP contribution in [0.5, 0.6) is 0 Å². The van der Waals surface area contributed by atoms with Crippen molar-refractivity contribution in [1.29, 1.82) is 10.5 Å². The Balaban J connectivity index is 1.35. The van der Waals surface area contributed by atoms with Crippen LogP contribution >= 0.6 is 11.3 Å². The number of rotatable bonds is 2. The van der Waals surface area contributed by atoms with E-state index in [0.717, 1.165) is 51.5 Å². The van der Waals surface area contributed by atoms with Crippen LogP contribution in [0, 0.1) is 22.7 Å². The summed E-state index contributed by atoms with van der Waals surface area (Å²) in [6, 6.07) is 40.6. The van der Waals surface area contributed by atoms with Crippen LogP contribution in [0.15, 0.2) is 109 Å². The van der Waals surface area contributed by atoms with E-state index in [9.17, 15) is 10.5 Å². The molecule has 0 saturated carbocycles. The van der Waals surface area contributed by atoms with E-state index < -0.39 is 0 Å². The van der Waals surface area contributed by atoms with Crippen molar-refractivity contribution in [2.24, 2.45) is 0 Å². The maximum atomic E-state index is 10.5. The van der Waals surface area contributed by atoms with Crippen LogP contribution in [0.25, 0.3) is 54.3 Å². The fourth-order valence-electron chi connectivity index (χ4n) is 8.04. The monoisotopic (exact) mass is 593 g/mol. The first-order chi connectivity index (χ1) is 22.0. The van der Waals surface area contributed by atoms with Crippen LogP contribution in [0.3, 0.4) is 0 Å². The Morgan fingerprint density at radius 3 is 2.29 bits per heavy atom. The normalized spacial score (nSPS) is 14.8. The molecule has 0 N–H and O–H groups in total. The lowest BCUT2D eigenvalue weighted by atomic mass is 9.77. The smallest absolute Gasteiger partial charge is 0.101 e. The van der Waals surface area contributed by atoms with Crippen molar-refractivity contribution in [2.45, 2.75) is 32.1 Å². The van der Waals surface area contributed by atoms with E-state index in [0.29, 0.717) is 11.1 Å². The number of allylic oxidation sites excluding steroid dienone is 1. The van der Waals surface area contributed by atoms with Crippen LogP contribution < -0.4 is 0 Å². The van der Waals surface area contributed by atoms with Crippen LogP contribution in [-0.2, 0) is 11.8 Å². The Morgan fingerprint density at radius 2 is 1.42 bits per heavy atom. The number of nitriles is 2. The minimum Gasteiger partial charge on any atom is -0.307 e. The van der Waals surface area contributed by atoms with Crippen molar-refractivity contribution in [3.63, 3.8) is 0 Å². The average Bonchev–Trinajstić information content (AvgIpc) is 3.70. The molecule has 2 aliphatic rings. The van der Waals surface area contributed by atoms with Crippen molar-refractivity contribution >= 4 is 48.8 Å². The molecular formula is C41H27N3S. The number of hydrogen-bond acceptors (Lipinski definition) is 3. The van der Waals surface area contributed by atoms with Gasteiger partial charge in [0, 0.05) is 36.9 Å². The molecule has 9 rings (SSSR count). The molecule has 5 aromatic carbocycles. The summed E-state index contributed by atoms with van der Waals surface area (Å²) in [5, 5.41) is 23.6. The predicted octanol–water partition coefficient (Wildman–Crippen LogP) is 10.4. The van der Waals surface area contributed by atoms with Crippen molar-refractivity contribution in [3.05, 3.63) is 141 Å². The molecule has 0 amide bonds. The molecule has 0 bridgehead atoms. The van der Waals surface area contributed by atoms with E-state index in [2.05, 4.69) is 91.2 Å². The van der Waals surface area contributed by atoms with E-state index in [1.165, 1.54) is 37.2 Å². The lowest BCUT2D eigenvalue weighted by Crippen LogP contribution is -2.18. The summed E-state index contributed by atoms with van der Waals surface area (Å²) in [6.07, 6.45) is 2.11. The van der Waals surface area contributed by atoms with Crippen LogP contribution in [0.4, 0.5) is 0 Å². The van der Waals surface area contributed by atoms with E-state index in [1.54, 1.807) is 5.57 Å². The zero-order valence-corrected chi connectivity index (χ0v) is 25.8. The predicted molar refractivity (Wildman–Crippen MR) is 185 cm³/mol. The third-order valence-electron chi connectivity index (χ3n) is 10.1. The van der Waals surface area contributed by atoms with Gasteiger partial charge in [0.1, 0.15) is 6.07 Å². The van der Waals surface area contributed by atoms with Crippen LogP contribution in [-0.4, -0.2) is 4.57 Å². The first-order valence-corrected chi connectivity index (χ1v) is 16.2. The maximum absolute atomic E-state index is 10.5. The molecule has 0 fully saturated rings. The molecule has 4 heteroatoms. The Labute approximate surface area is 265 Å². The average molecular weight is 594 g/mol. The fourth-order valence-corrected chi connectivity index (χ4v) is 9.50. The van der Waals surface area contributed by atoms with Crippen LogP contribution in [0.2, 0.25) is 0 Å². The van der Waals surface area contributed by atoms with Gasteiger partial charge in [-0.3, -0.25) is 0 Å². The summed E-state index contributed by atoms with van der Waals surface area (Å²) in [6.45, 7) is 4.76. The van der Waals surface area contributed by atoms with E-state index in [4.69, 9.17) is 0 Å². The molecule has 0 atom stereocenters. The first kappa shape index (κ1) is 26.0. The fraction of sp³-hybridized carbons (Fsp3) is 0.122. The van der Waals surface area contributed by atoms with Crippen molar-refractivity contribution in [2.75, 3.05) is 0 Å². The van der Waals surface area contributed by atoms with Crippen molar-refractivity contribution in [1.82, 2.24) is 4.57 Å². The summed E-state index contributed by atoms with van der Waals surface area (Å²) in [4.78, 5) is 1.40. The number of para-hydroxylation sites is 2. The quantitative estimate of drug-likeness (QED) is 0.200. The summed E-state index contributed by atoms with van der Waals surface area (Å²) in [7, 11) is 0. The van der Waals surface area contributed by atoms with Gasteiger partial charge in [-0.15, -0.1) is 11.3 Å². The third-order valence-corrected chi connectivity index (χ3v) is 11.4. The standard InChI is InChI=1S/C41H27N3S/c1-41(2)33-15-5-3-11-31(33)37-34(41)19-18-30-29-14-8-13-28(39(29)45-40(30)37)27-12-7-9-25(23-43)38(27)44-35-16-6-4-10-26(35)32-21-24(22-42)17-20-36(32)44/h3-17,20-21H,18-19H2,1-2H3. The Bertz CT molecular complexity index is 2540. The molecule has 0 saturated heterocycles. The molecule has 7 aromatic rings. The number of hydrogen-bond donors (Lipinski definition) is 0. The highest BCUT2D eigenvalue weighted by atomic mass is 32.1. The van der Waals surface area contributed by atoms with Crippen molar-refractivity contribution < 1.29 is 0 Å². The minimum absolute atomic E-state index is 0.0267. The molecule has 0 radical (unpaired) electrons. The topological polar surface area (TPSA) is 52.5 Å². The van der Waals surface area contributed by atoms with Gasteiger partial charge < -0.3 is 4.57 Å². The van der Waals surface area contributed by atoms with Gasteiger partial charge in [-0.25, -0.2) is 0 Å². The molecule has 0 unspecified atom stereocenters. The molecule has 45 heavy (non-hydrogen) atoms. The highest BCUT2D eigenvalue weighted by Gasteiger charge is 2.41. The number of aromatic nitrogens is 1. The molecule has 0 aliphatic heterocycles. The van der Waals surface area contributed by atoms with Gasteiger partial charge in [0.05, 0.1) is 33.9 Å². The number of nitrogens with zero attached hydrogens (tertiary/aromatic N) is 3. The Morgan fingerprint density at radius 1 is 0.689 bits per heavy atom. The largest absolute Gasteiger partial charge is 0.307 e. The summed E-state index contributed by atoms with van der Waals surface area (Å²) in [5.74, 6) is 0. The second-order valence-electron chi connectivity index (χ2n) is 12.6. The van der Waals surface area contributed by atoms with E-state index in [1.807, 2.05) is 53.8 Å². The van der Waals surface area contributed by atoms with Gasteiger partial charge in [0.25, 0.3) is 0 Å². The first-order valence-electron chi connectivity index (χ1n) is 15.4. The molecule has 3 nitrogen and oxygen atoms in total. The van der Waals surface area contributed by atoms with Crippen molar-refractivity contribution in [3.8, 4) is 29.0 Å². The van der Waals surface area contributed by atoms with Crippen LogP contribution in [0.1, 0.15) is 53.0 Å². The Kier molecular flexibility index (Phi) is 5.37. The highest BCUT2D eigenvalue weighted by molar-refractivity contribution is 7.21. The highest BCUT2D eigenvalue weighted by Crippen LogP contribution is 2.56. The molecule has 2 aliphatic carbocycles. The molecular weight excluding hydrogens is 567 g/mol. The zero-order chi connectivity index (χ0) is 30.4. The van der Waals surface area contributed by atoms with Gasteiger partial charge in [-0.1, -0.05) is 92.2 Å². The molecule has 0 spiro atoms. The lowest BCUT2D eigenvalue weighted by Gasteiger charge is -2.27. The number of aryl methyl sites for hydroxylation is 1. The minimum atomic E-state index is 0.0267. The second kappa shape index (κ2) is 9.29.